The molecule has 2 N–H and O–H groups in total. The summed E-state index contributed by atoms with van der Waals surface area (Å²) in [5, 5.41) is 7.54. The summed E-state index contributed by atoms with van der Waals surface area (Å²) in [4.78, 5) is 26.8. The molecule has 3 aromatic rings. The van der Waals surface area contributed by atoms with E-state index >= 15 is 0 Å². The van der Waals surface area contributed by atoms with E-state index < -0.39 is 5.82 Å². The molecule has 0 saturated heterocycles. The van der Waals surface area contributed by atoms with Gasteiger partial charge in [0.2, 0.25) is 0 Å². The van der Waals surface area contributed by atoms with E-state index in [1.807, 2.05) is 29.6 Å². The lowest BCUT2D eigenvalue weighted by atomic mass is 10.1. The van der Waals surface area contributed by atoms with Crippen LogP contribution in [0.1, 0.15) is 31.2 Å². The molecule has 0 aliphatic heterocycles. The van der Waals surface area contributed by atoms with Crippen LogP contribution < -0.4 is 10.6 Å². The van der Waals surface area contributed by atoms with Gasteiger partial charge in [-0.25, -0.2) is 4.39 Å². The second-order valence-electron chi connectivity index (χ2n) is 6.34. The molecule has 0 bridgehead atoms. The molecule has 150 valence electrons. The number of carbonyl (C=O) groups is 2. The van der Waals surface area contributed by atoms with Gasteiger partial charge in [-0.05, 0) is 48.2 Å². The number of nitrogens with one attached hydrogen (secondary N) is 2. The summed E-state index contributed by atoms with van der Waals surface area (Å²) in [6.45, 7) is 2.18. The zero-order valence-corrected chi connectivity index (χ0v) is 17.5. The fraction of sp³-hybridized carbons (Fsp3) is 0.182. The van der Waals surface area contributed by atoms with Crippen LogP contribution in [0, 0.1) is 12.7 Å². The molecule has 0 saturated carbocycles. The second kappa shape index (κ2) is 10.2. The van der Waals surface area contributed by atoms with Crippen molar-refractivity contribution in [3.8, 4) is 0 Å². The van der Waals surface area contributed by atoms with E-state index in [9.17, 15) is 14.0 Å². The maximum absolute atomic E-state index is 13.6. The molecule has 0 unspecified atom stereocenters. The summed E-state index contributed by atoms with van der Waals surface area (Å²) in [6.07, 6.45) is 0. The Morgan fingerprint density at radius 1 is 1.00 bits per heavy atom. The molecule has 0 spiro atoms. The van der Waals surface area contributed by atoms with E-state index in [-0.39, 0.29) is 30.5 Å². The van der Waals surface area contributed by atoms with E-state index in [0.717, 1.165) is 10.6 Å². The number of aryl methyl sites for hydroxylation is 1. The van der Waals surface area contributed by atoms with Gasteiger partial charge < -0.3 is 10.6 Å². The first kappa shape index (κ1) is 21.1. The van der Waals surface area contributed by atoms with Gasteiger partial charge in [-0.15, -0.1) is 23.1 Å². The molecule has 3 rings (SSSR count). The van der Waals surface area contributed by atoms with Crippen LogP contribution in [0.4, 0.5) is 4.39 Å². The highest BCUT2D eigenvalue weighted by molar-refractivity contribution is 7.98. The number of thioether (sulfide) groups is 1. The molecule has 0 aliphatic rings. The van der Waals surface area contributed by atoms with Crippen LogP contribution in [0.25, 0.3) is 0 Å². The van der Waals surface area contributed by atoms with Crippen molar-refractivity contribution in [3.63, 3.8) is 0 Å². The molecular formula is C22H21FN2O2S2. The van der Waals surface area contributed by atoms with Gasteiger partial charge in [-0.2, -0.15) is 0 Å². The fourth-order valence-corrected chi connectivity index (χ4v) is 4.43. The predicted molar refractivity (Wildman–Crippen MR) is 116 cm³/mol. The van der Waals surface area contributed by atoms with Gasteiger partial charge in [0.25, 0.3) is 11.8 Å². The molecule has 1 aromatic heterocycles. The maximum Gasteiger partial charge on any atom is 0.252 e. The average molecular weight is 429 g/mol. The Kier molecular flexibility index (Phi) is 7.43. The predicted octanol–water partition coefficient (Wildman–Crippen LogP) is 4.65. The molecule has 0 atom stereocenters. The standard InChI is InChI=1S/C22H21FN2O2S2/c1-15-8-9-16(13-19(15)23)21(26)24-10-11-25-22(27)18-6-2-3-7-20(18)29-14-17-5-4-12-28-17/h2-9,12-13H,10-11,14H2,1H3,(H,24,26)(H,25,27). The molecule has 0 fully saturated rings. The van der Waals surface area contributed by atoms with Gasteiger partial charge in [-0.3, -0.25) is 9.59 Å². The third-order valence-electron chi connectivity index (χ3n) is 4.21. The highest BCUT2D eigenvalue weighted by Gasteiger charge is 2.12. The normalized spacial score (nSPS) is 10.6. The lowest BCUT2D eigenvalue weighted by Gasteiger charge is -2.10. The Morgan fingerprint density at radius 2 is 1.76 bits per heavy atom. The molecule has 0 aliphatic carbocycles. The number of hydrogen-bond acceptors (Lipinski definition) is 4. The minimum Gasteiger partial charge on any atom is -0.350 e. The summed E-state index contributed by atoms with van der Waals surface area (Å²) < 4.78 is 13.6. The van der Waals surface area contributed by atoms with Crippen LogP contribution in [-0.4, -0.2) is 24.9 Å². The van der Waals surface area contributed by atoms with Crippen molar-refractivity contribution >= 4 is 34.9 Å². The largest absolute Gasteiger partial charge is 0.350 e. The van der Waals surface area contributed by atoms with Gasteiger partial charge >= 0.3 is 0 Å². The number of thiophene rings is 1. The SMILES string of the molecule is Cc1ccc(C(=O)NCCNC(=O)c2ccccc2SCc2cccs2)cc1F. The lowest BCUT2D eigenvalue weighted by Crippen LogP contribution is -2.34. The highest BCUT2D eigenvalue weighted by Crippen LogP contribution is 2.27. The zero-order chi connectivity index (χ0) is 20.6. The molecule has 2 aromatic carbocycles. The minimum absolute atomic E-state index is 0.185. The number of halogens is 1. The first-order chi connectivity index (χ1) is 14.0. The summed E-state index contributed by atoms with van der Waals surface area (Å²) in [7, 11) is 0. The Bertz CT molecular complexity index is 990. The molecule has 2 amide bonds. The van der Waals surface area contributed by atoms with Crippen LogP contribution in [0.2, 0.25) is 0 Å². The third-order valence-corrected chi connectivity index (χ3v) is 6.39. The van der Waals surface area contributed by atoms with Gasteiger partial charge in [0.15, 0.2) is 0 Å². The summed E-state index contributed by atoms with van der Waals surface area (Å²) in [5.74, 6) is -0.159. The zero-order valence-electron chi connectivity index (χ0n) is 15.9. The summed E-state index contributed by atoms with van der Waals surface area (Å²) >= 11 is 3.31. The Hall–Kier alpha value is -2.64. The minimum atomic E-state index is -0.414. The molecule has 29 heavy (non-hydrogen) atoms. The molecule has 4 nitrogen and oxygen atoms in total. The van der Waals surface area contributed by atoms with Crippen LogP contribution in [0.3, 0.4) is 0 Å². The maximum atomic E-state index is 13.6. The second-order valence-corrected chi connectivity index (χ2v) is 8.39. The van der Waals surface area contributed by atoms with E-state index in [4.69, 9.17) is 0 Å². The van der Waals surface area contributed by atoms with Crippen molar-refractivity contribution < 1.29 is 14.0 Å². The number of carbonyl (C=O) groups excluding carboxylic acids is 2. The summed E-state index contributed by atoms with van der Waals surface area (Å²) in [6, 6.07) is 15.9. The van der Waals surface area contributed by atoms with Gasteiger partial charge in [0, 0.05) is 34.2 Å². The smallest absolute Gasteiger partial charge is 0.252 e. The van der Waals surface area contributed by atoms with Crippen LogP contribution in [0.5, 0.6) is 0 Å². The van der Waals surface area contributed by atoms with Crippen molar-refractivity contribution in [1.29, 1.82) is 0 Å². The quantitative estimate of drug-likeness (QED) is 0.406. The van der Waals surface area contributed by atoms with Crippen molar-refractivity contribution in [2.24, 2.45) is 0 Å². The van der Waals surface area contributed by atoms with Gasteiger partial charge in [0.1, 0.15) is 5.82 Å². The number of benzene rings is 2. The van der Waals surface area contributed by atoms with E-state index in [0.29, 0.717) is 11.1 Å². The molecule has 1 heterocycles. The molecule has 0 radical (unpaired) electrons. The van der Waals surface area contributed by atoms with Crippen molar-refractivity contribution in [3.05, 3.63) is 87.4 Å². The number of amides is 2. The van der Waals surface area contributed by atoms with Gasteiger partial charge in [-0.1, -0.05) is 24.3 Å². The Balaban J connectivity index is 1.49. The van der Waals surface area contributed by atoms with Crippen molar-refractivity contribution in [2.45, 2.75) is 17.6 Å². The summed E-state index contributed by atoms with van der Waals surface area (Å²) in [5.41, 5.74) is 1.36. The molecule has 7 heteroatoms. The van der Waals surface area contributed by atoms with E-state index in [1.165, 1.54) is 10.9 Å². The third kappa shape index (κ3) is 5.92. The van der Waals surface area contributed by atoms with Crippen LogP contribution >= 0.6 is 23.1 Å². The Labute approximate surface area is 177 Å². The Morgan fingerprint density at radius 3 is 2.48 bits per heavy atom. The molecular weight excluding hydrogens is 407 g/mol. The van der Waals surface area contributed by atoms with Crippen molar-refractivity contribution in [2.75, 3.05) is 13.1 Å². The monoisotopic (exact) mass is 428 g/mol. The van der Waals surface area contributed by atoms with E-state index in [1.54, 1.807) is 48.2 Å². The van der Waals surface area contributed by atoms with Crippen LogP contribution in [-0.2, 0) is 5.75 Å². The van der Waals surface area contributed by atoms with E-state index in [2.05, 4.69) is 16.7 Å². The first-order valence-corrected chi connectivity index (χ1v) is 11.0. The van der Waals surface area contributed by atoms with Crippen molar-refractivity contribution in [1.82, 2.24) is 10.6 Å². The fourth-order valence-electron chi connectivity index (χ4n) is 2.61. The van der Waals surface area contributed by atoms with Gasteiger partial charge in [0.05, 0.1) is 5.56 Å². The topological polar surface area (TPSA) is 58.2 Å². The average Bonchev–Trinajstić information content (AvgIpc) is 3.25. The van der Waals surface area contributed by atoms with Crippen LogP contribution in [0.15, 0.2) is 64.9 Å². The lowest BCUT2D eigenvalue weighted by molar-refractivity contribution is 0.0926. The number of rotatable bonds is 8. The first-order valence-electron chi connectivity index (χ1n) is 9.11. The number of hydrogen-bond donors (Lipinski definition) is 2. The highest BCUT2D eigenvalue weighted by atomic mass is 32.2.